The van der Waals surface area contributed by atoms with Crippen LogP contribution in [-0.4, -0.2) is 83.5 Å². The molecule has 1 unspecified atom stereocenters. The van der Waals surface area contributed by atoms with E-state index >= 15 is 0 Å². The largest absolute Gasteiger partial charge is 0.354 e. The Hall–Kier alpha value is -2.93. The molecule has 3 saturated heterocycles. The summed E-state index contributed by atoms with van der Waals surface area (Å²) in [6.45, 7) is 6.27. The number of amides is 3. The number of carbonyl (C=O) groups is 2. The topological polar surface area (TPSA) is 60.0 Å². The third-order valence-corrected chi connectivity index (χ3v) is 7.55. The number of hydrogen-bond acceptors (Lipinski definition) is 5. The molecule has 3 aliphatic rings. The number of unbranched alkanes of at least 4 members (excludes halogenated alkanes) is 1. The molecule has 0 saturated carbocycles. The summed E-state index contributed by atoms with van der Waals surface area (Å²) < 4.78 is 0. The number of pyridine rings is 1. The first kappa shape index (κ1) is 22.8. The third-order valence-electron chi connectivity index (χ3n) is 7.55. The summed E-state index contributed by atoms with van der Waals surface area (Å²) in [4.78, 5) is 39.5. The molecule has 2 atom stereocenters. The van der Waals surface area contributed by atoms with Crippen LogP contribution in [-0.2, 0) is 4.79 Å². The molecule has 0 bridgehead atoms. The number of hydrogen-bond donors (Lipinski definition) is 0. The zero-order valence-corrected chi connectivity index (χ0v) is 19.9. The van der Waals surface area contributed by atoms with Gasteiger partial charge in [0.2, 0.25) is 5.91 Å². The van der Waals surface area contributed by atoms with Crippen molar-refractivity contribution in [2.45, 2.75) is 44.1 Å². The molecule has 1 aromatic heterocycles. The molecule has 180 valence electrons. The van der Waals surface area contributed by atoms with Crippen LogP contribution in [0.15, 0.2) is 54.7 Å². The van der Waals surface area contributed by atoms with Gasteiger partial charge in [0, 0.05) is 51.5 Å². The van der Waals surface area contributed by atoms with E-state index in [0.717, 1.165) is 82.8 Å². The number of aromatic nitrogens is 1. The van der Waals surface area contributed by atoms with Crippen LogP contribution >= 0.6 is 0 Å². The van der Waals surface area contributed by atoms with Gasteiger partial charge in [0.05, 0.1) is 5.92 Å². The van der Waals surface area contributed by atoms with Crippen LogP contribution in [0.1, 0.15) is 43.6 Å². The van der Waals surface area contributed by atoms with Gasteiger partial charge in [-0.05, 0) is 56.3 Å². The second-order valence-corrected chi connectivity index (χ2v) is 9.64. The van der Waals surface area contributed by atoms with Gasteiger partial charge in [-0.15, -0.1) is 0 Å². The van der Waals surface area contributed by atoms with Gasteiger partial charge in [-0.25, -0.2) is 9.78 Å². The smallest absolute Gasteiger partial charge is 0.326 e. The van der Waals surface area contributed by atoms with Crippen LogP contribution in [0.4, 0.5) is 10.6 Å². The second kappa shape index (κ2) is 10.6. The van der Waals surface area contributed by atoms with Gasteiger partial charge in [-0.2, -0.15) is 0 Å². The summed E-state index contributed by atoms with van der Waals surface area (Å²) in [7, 11) is 0. The number of piperazine rings is 1. The fraction of sp³-hybridized carbons (Fsp3) is 0.519. The molecule has 4 heterocycles. The van der Waals surface area contributed by atoms with Gasteiger partial charge in [0.25, 0.3) is 0 Å². The lowest BCUT2D eigenvalue weighted by Crippen LogP contribution is -2.62. The van der Waals surface area contributed by atoms with E-state index in [2.05, 4.69) is 20.9 Å². The summed E-state index contributed by atoms with van der Waals surface area (Å²) >= 11 is 0. The maximum atomic E-state index is 13.5. The molecule has 0 N–H and O–H groups in total. The fourth-order valence-corrected chi connectivity index (χ4v) is 5.70. The van der Waals surface area contributed by atoms with Crippen LogP contribution in [0, 0.1) is 0 Å². The summed E-state index contributed by atoms with van der Waals surface area (Å²) in [6, 6.07) is 16.0. The average molecular weight is 462 g/mol. The molecule has 34 heavy (non-hydrogen) atoms. The van der Waals surface area contributed by atoms with Crippen molar-refractivity contribution in [3.05, 3.63) is 60.3 Å². The van der Waals surface area contributed by atoms with Gasteiger partial charge >= 0.3 is 6.03 Å². The van der Waals surface area contributed by atoms with Crippen molar-refractivity contribution >= 4 is 17.8 Å². The number of rotatable bonds is 7. The lowest BCUT2D eigenvalue weighted by atomic mass is 9.82. The molecule has 0 aliphatic carbocycles. The minimum atomic E-state index is -0.237. The zero-order chi connectivity index (χ0) is 23.3. The molecular formula is C27H35N5O2. The van der Waals surface area contributed by atoms with Crippen molar-refractivity contribution in [2.24, 2.45) is 0 Å². The number of carbonyl (C=O) groups excluding carboxylic acids is 2. The van der Waals surface area contributed by atoms with E-state index in [4.69, 9.17) is 0 Å². The summed E-state index contributed by atoms with van der Waals surface area (Å²) in [5.41, 5.74) is 1.03. The minimum absolute atomic E-state index is 0.00259. The van der Waals surface area contributed by atoms with Crippen LogP contribution in [0.25, 0.3) is 0 Å². The van der Waals surface area contributed by atoms with Crippen LogP contribution in [0.5, 0.6) is 0 Å². The Labute approximate surface area is 202 Å². The predicted molar refractivity (Wildman–Crippen MR) is 133 cm³/mol. The van der Waals surface area contributed by atoms with E-state index in [1.807, 2.05) is 53.6 Å². The number of benzene rings is 1. The fourth-order valence-electron chi connectivity index (χ4n) is 5.70. The Bertz CT molecular complexity index is 962. The number of imide groups is 1. The average Bonchev–Trinajstić information content (AvgIpc) is 2.90. The molecule has 2 aromatic rings. The van der Waals surface area contributed by atoms with Crippen molar-refractivity contribution in [3.8, 4) is 0 Å². The maximum absolute atomic E-state index is 13.5. The SMILES string of the molecule is O=C1[C@H](c2ccccc2)C2CCCCN2C(=O)N1CCCCN1CCN(c2ccccn2)CC1. The Kier molecular flexibility index (Phi) is 7.09. The van der Waals surface area contributed by atoms with E-state index in [-0.39, 0.29) is 23.9 Å². The first-order chi connectivity index (χ1) is 16.7. The number of anilines is 1. The van der Waals surface area contributed by atoms with E-state index < -0.39 is 0 Å². The lowest BCUT2D eigenvalue weighted by molar-refractivity contribution is -0.135. The molecule has 3 amide bonds. The Morgan fingerprint density at radius 2 is 1.59 bits per heavy atom. The van der Waals surface area contributed by atoms with E-state index in [9.17, 15) is 9.59 Å². The van der Waals surface area contributed by atoms with Crippen LogP contribution in [0.3, 0.4) is 0 Å². The Morgan fingerprint density at radius 3 is 2.35 bits per heavy atom. The standard InChI is InChI=1S/C27H35N5O2/c33-26-25(22-10-2-1-3-11-22)23-12-5-7-16-31(23)27(34)32(26)17-9-8-15-29-18-20-30(21-19-29)24-13-4-6-14-28-24/h1-4,6,10-11,13-14,23,25H,5,7-9,12,15-21H2/t23?,25-/m1/s1. The predicted octanol–water partition coefficient (Wildman–Crippen LogP) is 3.58. The molecule has 3 aliphatic heterocycles. The van der Waals surface area contributed by atoms with Crippen molar-refractivity contribution in [2.75, 3.05) is 50.7 Å². The highest BCUT2D eigenvalue weighted by molar-refractivity contribution is 6.01. The molecule has 1 aromatic carbocycles. The van der Waals surface area contributed by atoms with Gasteiger partial charge < -0.3 is 9.80 Å². The van der Waals surface area contributed by atoms with Crippen LogP contribution in [0.2, 0.25) is 0 Å². The van der Waals surface area contributed by atoms with Crippen molar-refractivity contribution in [3.63, 3.8) is 0 Å². The van der Waals surface area contributed by atoms with Gasteiger partial charge in [-0.3, -0.25) is 14.6 Å². The lowest BCUT2D eigenvalue weighted by Gasteiger charge is -2.47. The molecular weight excluding hydrogens is 426 g/mol. The summed E-state index contributed by atoms with van der Waals surface area (Å²) in [5, 5.41) is 0. The second-order valence-electron chi connectivity index (χ2n) is 9.64. The molecule has 0 radical (unpaired) electrons. The molecule has 5 rings (SSSR count). The highest BCUT2D eigenvalue weighted by Gasteiger charge is 2.47. The number of nitrogens with zero attached hydrogens (tertiary/aromatic N) is 5. The minimum Gasteiger partial charge on any atom is -0.354 e. The molecule has 0 spiro atoms. The maximum Gasteiger partial charge on any atom is 0.326 e. The first-order valence-corrected chi connectivity index (χ1v) is 12.8. The number of piperidine rings is 1. The van der Waals surface area contributed by atoms with Crippen LogP contribution < -0.4 is 4.90 Å². The number of fused-ring (bicyclic) bond motifs is 1. The highest BCUT2D eigenvalue weighted by Crippen LogP contribution is 2.36. The summed E-state index contributed by atoms with van der Waals surface area (Å²) in [5.74, 6) is 0.801. The van der Waals surface area contributed by atoms with Gasteiger partial charge in [-0.1, -0.05) is 36.4 Å². The monoisotopic (exact) mass is 461 g/mol. The van der Waals surface area contributed by atoms with E-state index in [0.29, 0.717) is 6.54 Å². The van der Waals surface area contributed by atoms with Crippen molar-refractivity contribution in [1.82, 2.24) is 19.7 Å². The quantitative estimate of drug-likeness (QED) is 0.590. The first-order valence-electron chi connectivity index (χ1n) is 12.8. The molecule has 3 fully saturated rings. The highest BCUT2D eigenvalue weighted by atomic mass is 16.2. The number of urea groups is 1. The zero-order valence-electron chi connectivity index (χ0n) is 19.9. The molecule has 7 nitrogen and oxygen atoms in total. The molecule has 7 heteroatoms. The Morgan fingerprint density at radius 1 is 0.824 bits per heavy atom. The van der Waals surface area contributed by atoms with E-state index in [1.54, 1.807) is 4.90 Å². The Balaban J connectivity index is 1.14. The summed E-state index contributed by atoms with van der Waals surface area (Å²) in [6.07, 6.45) is 6.70. The van der Waals surface area contributed by atoms with Gasteiger partial charge in [0.15, 0.2) is 0 Å². The third kappa shape index (κ3) is 4.80. The van der Waals surface area contributed by atoms with Gasteiger partial charge in [0.1, 0.15) is 5.82 Å². The van der Waals surface area contributed by atoms with E-state index in [1.165, 1.54) is 0 Å². The normalized spacial score (nSPS) is 23.8. The van der Waals surface area contributed by atoms with Crippen molar-refractivity contribution in [1.29, 1.82) is 0 Å². The van der Waals surface area contributed by atoms with Crippen molar-refractivity contribution < 1.29 is 9.59 Å².